The summed E-state index contributed by atoms with van der Waals surface area (Å²) in [7, 11) is 0. The van der Waals surface area contributed by atoms with Crippen LogP contribution in [0, 0.1) is 22.7 Å². The van der Waals surface area contributed by atoms with Gasteiger partial charge in [0.15, 0.2) is 0 Å². The molecule has 0 saturated carbocycles. The van der Waals surface area contributed by atoms with Gasteiger partial charge in [-0.1, -0.05) is 47.6 Å². The number of aromatic nitrogens is 2. The number of thiazole rings is 1. The predicted molar refractivity (Wildman–Crippen MR) is 182 cm³/mol. The molecular weight excluding hydrogens is 717 g/mol. The Hall–Kier alpha value is -4.87. The predicted octanol–water partition coefficient (Wildman–Crippen LogP) is 6.68. The van der Waals surface area contributed by atoms with Crippen LogP contribution in [0.15, 0.2) is 58.9 Å². The topological polar surface area (TPSA) is 175 Å². The lowest BCUT2D eigenvalue weighted by molar-refractivity contribution is -0.192. The van der Waals surface area contributed by atoms with Gasteiger partial charge in [-0.3, -0.25) is 4.79 Å². The maximum atomic E-state index is 11.5. The summed E-state index contributed by atoms with van der Waals surface area (Å²) in [6, 6.07) is 19.4. The van der Waals surface area contributed by atoms with Crippen molar-refractivity contribution < 1.29 is 37.3 Å². The van der Waals surface area contributed by atoms with Gasteiger partial charge in [0, 0.05) is 46.9 Å². The minimum Gasteiger partial charge on any atom is -0.490 e. The number of esters is 1. The van der Waals surface area contributed by atoms with Crippen molar-refractivity contribution in [1.29, 1.82) is 10.5 Å². The van der Waals surface area contributed by atoms with Crippen LogP contribution in [0.3, 0.4) is 0 Å². The van der Waals surface area contributed by atoms with E-state index >= 15 is 0 Å². The Labute approximate surface area is 298 Å². The lowest BCUT2D eigenvalue weighted by Crippen LogP contribution is -2.38. The highest BCUT2D eigenvalue weighted by Gasteiger charge is 2.38. The lowest BCUT2D eigenvalue weighted by Gasteiger charge is -2.33. The molecule has 260 valence electrons. The molecule has 3 N–H and O–H groups in total. The van der Waals surface area contributed by atoms with Gasteiger partial charge in [-0.15, -0.1) is 11.3 Å². The molecule has 0 spiro atoms. The van der Waals surface area contributed by atoms with Crippen LogP contribution in [0.25, 0.3) is 21.7 Å². The van der Waals surface area contributed by atoms with Gasteiger partial charge >= 0.3 is 18.1 Å². The van der Waals surface area contributed by atoms with Gasteiger partial charge in [0.05, 0.1) is 17.7 Å². The fraction of sp³-hybridized carbons (Fsp3) is 0.273. The van der Waals surface area contributed by atoms with Crippen LogP contribution in [0.2, 0.25) is 5.02 Å². The fourth-order valence-corrected chi connectivity index (χ4v) is 6.31. The first-order valence-electron chi connectivity index (χ1n) is 14.8. The van der Waals surface area contributed by atoms with Gasteiger partial charge in [-0.25, -0.2) is 14.8 Å². The number of benzene rings is 2. The standard InChI is InChI=1S/C31H27ClN6O3S2.C2HF3O2/c32-22-6-2-21(3-7-22)30-36-23(18-42-30)19-43-31-26(17-35)28(25(16-34)29(37-31)38-12-1-13-38)20-4-8-24(9-5-20)40-14-15-41-27(39)10-11-33;3-2(4,5)1(6)7/h2-9,18H,1,10-15,19,33H2;(H,6,7). The van der Waals surface area contributed by atoms with Crippen LogP contribution in [-0.4, -0.2) is 66.0 Å². The van der Waals surface area contributed by atoms with Crippen molar-refractivity contribution in [2.45, 2.75) is 29.8 Å². The van der Waals surface area contributed by atoms with E-state index < -0.39 is 12.1 Å². The number of alkyl halides is 3. The summed E-state index contributed by atoms with van der Waals surface area (Å²) in [5, 5.41) is 31.8. The highest BCUT2D eigenvalue weighted by atomic mass is 35.5. The summed E-state index contributed by atoms with van der Waals surface area (Å²) in [6.07, 6.45) is -3.90. The third-order valence-electron chi connectivity index (χ3n) is 6.87. The molecule has 3 heterocycles. The molecule has 2 aromatic heterocycles. The molecule has 0 amide bonds. The number of anilines is 1. The minimum atomic E-state index is -5.08. The number of halogens is 4. The van der Waals surface area contributed by atoms with E-state index in [4.69, 9.17) is 46.7 Å². The summed E-state index contributed by atoms with van der Waals surface area (Å²) in [6.45, 7) is 2.14. The second-order valence-electron chi connectivity index (χ2n) is 10.3. The molecule has 5 rings (SSSR count). The molecule has 0 unspecified atom stereocenters. The minimum absolute atomic E-state index is 0.113. The van der Waals surface area contributed by atoms with E-state index in [1.807, 2.05) is 41.8 Å². The Morgan fingerprint density at radius 2 is 1.66 bits per heavy atom. The number of hydrogen-bond donors (Lipinski definition) is 2. The van der Waals surface area contributed by atoms with Gasteiger partial charge in [0.2, 0.25) is 0 Å². The van der Waals surface area contributed by atoms with Gasteiger partial charge in [0.1, 0.15) is 52.5 Å². The first-order chi connectivity index (χ1) is 23.9. The normalized spacial score (nSPS) is 12.1. The van der Waals surface area contributed by atoms with Gasteiger partial charge in [-0.2, -0.15) is 23.7 Å². The number of nitrogens with zero attached hydrogens (tertiary/aromatic N) is 5. The van der Waals surface area contributed by atoms with E-state index in [0.29, 0.717) is 49.6 Å². The maximum Gasteiger partial charge on any atom is 0.490 e. The summed E-state index contributed by atoms with van der Waals surface area (Å²) in [5.74, 6) is -1.45. The quantitative estimate of drug-likeness (QED) is 0.0896. The number of carbonyl (C=O) groups excluding carboxylic acids is 1. The van der Waals surface area contributed by atoms with Crippen molar-refractivity contribution in [2.75, 3.05) is 37.7 Å². The van der Waals surface area contributed by atoms with Crippen LogP contribution in [0.1, 0.15) is 29.7 Å². The molecule has 1 saturated heterocycles. The number of carbonyl (C=O) groups is 2. The molecule has 1 aliphatic rings. The van der Waals surface area contributed by atoms with Gasteiger partial charge in [-0.05, 0) is 36.2 Å². The molecule has 50 heavy (non-hydrogen) atoms. The van der Waals surface area contributed by atoms with Crippen molar-refractivity contribution in [2.24, 2.45) is 5.73 Å². The first kappa shape index (κ1) is 37.9. The average Bonchev–Trinajstić information content (AvgIpc) is 3.54. The number of rotatable bonds is 12. The highest BCUT2D eigenvalue weighted by molar-refractivity contribution is 7.98. The highest BCUT2D eigenvalue weighted by Crippen LogP contribution is 2.40. The summed E-state index contributed by atoms with van der Waals surface area (Å²) >= 11 is 9.01. The molecule has 11 nitrogen and oxygen atoms in total. The van der Waals surface area contributed by atoms with Crippen LogP contribution in [-0.2, 0) is 20.1 Å². The van der Waals surface area contributed by atoms with Crippen LogP contribution < -0.4 is 15.4 Å². The monoisotopic (exact) mass is 744 g/mol. The number of nitrogens with two attached hydrogens (primary N) is 1. The Kier molecular flexibility index (Phi) is 13.4. The Bertz CT molecular complexity index is 1890. The zero-order valence-electron chi connectivity index (χ0n) is 26.1. The van der Waals surface area contributed by atoms with Crippen molar-refractivity contribution in [3.63, 3.8) is 0 Å². The molecular formula is C33H28ClF3N6O5S2. The third-order valence-corrected chi connectivity index (χ3v) is 9.07. The number of thioether (sulfide) groups is 1. The molecule has 0 bridgehead atoms. The molecule has 0 aliphatic carbocycles. The SMILES string of the molecule is N#Cc1c(SCc2csc(-c3ccc(Cl)cc3)n2)nc(N2CCC2)c(C#N)c1-c1ccc(OCCOC(=O)CCN)cc1.O=C(O)C(F)(F)F. The van der Waals surface area contributed by atoms with Gasteiger partial charge < -0.3 is 25.2 Å². The second kappa shape index (κ2) is 17.7. The molecule has 17 heteroatoms. The Morgan fingerprint density at radius 1 is 1.02 bits per heavy atom. The maximum absolute atomic E-state index is 11.5. The van der Waals surface area contributed by atoms with Crippen LogP contribution in [0.5, 0.6) is 5.75 Å². The number of nitriles is 2. The van der Waals surface area contributed by atoms with E-state index in [1.165, 1.54) is 11.8 Å². The number of aliphatic carboxylic acids is 1. The average molecular weight is 745 g/mol. The van der Waals surface area contributed by atoms with Crippen molar-refractivity contribution >= 4 is 52.5 Å². The molecule has 0 radical (unpaired) electrons. The summed E-state index contributed by atoms with van der Waals surface area (Å²) in [4.78, 5) is 32.0. The van der Waals surface area contributed by atoms with E-state index in [9.17, 15) is 28.5 Å². The molecule has 4 aromatic rings. The van der Waals surface area contributed by atoms with Crippen molar-refractivity contribution in [1.82, 2.24) is 9.97 Å². The van der Waals surface area contributed by atoms with E-state index in [2.05, 4.69) is 17.0 Å². The van der Waals surface area contributed by atoms with E-state index in [0.717, 1.165) is 35.8 Å². The van der Waals surface area contributed by atoms with Crippen molar-refractivity contribution in [3.8, 4) is 39.6 Å². The lowest BCUT2D eigenvalue weighted by atomic mass is 9.96. The zero-order chi connectivity index (χ0) is 36.3. The number of hydrogen-bond acceptors (Lipinski definition) is 12. The van der Waals surface area contributed by atoms with Crippen molar-refractivity contribution in [3.05, 3.63) is 75.8 Å². The van der Waals surface area contributed by atoms with E-state index in [1.54, 1.807) is 23.5 Å². The van der Waals surface area contributed by atoms with Gasteiger partial charge in [0.25, 0.3) is 0 Å². The van der Waals surface area contributed by atoms with Crippen LogP contribution in [0.4, 0.5) is 19.0 Å². The number of pyridine rings is 1. The summed E-state index contributed by atoms with van der Waals surface area (Å²) < 4.78 is 42.5. The molecule has 1 fully saturated rings. The number of carboxylic acids is 1. The third kappa shape index (κ3) is 10.1. The smallest absolute Gasteiger partial charge is 0.490 e. The first-order valence-corrected chi connectivity index (χ1v) is 17.0. The molecule has 2 aromatic carbocycles. The summed E-state index contributed by atoms with van der Waals surface area (Å²) in [5.41, 5.74) is 9.19. The molecule has 0 atom stereocenters. The number of carboxylic acid groups (broad SMARTS) is 1. The Balaban J connectivity index is 0.000000727. The fourth-order valence-electron chi connectivity index (χ4n) is 4.37. The van der Waals surface area contributed by atoms with Crippen LogP contribution >= 0.6 is 34.7 Å². The largest absolute Gasteiger partial charge is 0.490 e. The van der Waals surface area contributed by atoms with E-state index in [-0.39, 0.29) is 32.1 Å². The zero-order valence-corrected chi connectivity index (χ0v) is 28.5. The number of ether oxygens (including phenoxy) is 2. The molecule has 1 aliphatic heterocycles. The Morgan fingerprint density at radius 3 is 2.22 bits per heavy atom. The second-order valence-corrected chi connectivity index (χ2v) is 12.6.